The number of para-hydroxylation sites is 1. The topological polar surface area (TPSA) is 90.5 Å². The molecule has 0 spiro atoms. The summed E-state index contributed by atoms with van der Waals surface area (Å²) in [5.74, 6) is -0.606. The minimum Gasteiger partial charge on any atom is -0.359 e. The van der Waals surface area contributed by atoms with Crippen molar-refractivity contribution in [2.45, 2.75) is 20.3 Å². The number of anilines is 3. The molecule has 4 amide bonds. The van der Waals surface area contributed by atoms with Crippen molar-refractivity contribution in [1.29, 1.82) is 0 Å². The van der Waals surface area contributed by atoms with Crippen molar-refractivity contribution in [2.75, 3.05) is 29.1 Å². The number of carbonyl (C=O) groups is 3. The molecule has 7 heteroatoms. The zero-order valence-corrected chi connectivity index (χ0v) is 16.2. The number of urea groups is 1. The van der Waals surface area contributed by atoms with Crippen LogP contribution in [0.2, 0.25) is 0 Å². The van der Waals surface area contributed by atoms with Gasteiger partial charge in [-0.3, -0.25) is 9.59 Å². The highest BCUT2D eigenvalue weighted by molar-refractivity contribution is 6.03. The molecule has 7 nitrogen and oxygen atoms in total. The Morgan fingerprint density at radius 2 is 1.71 bits per heavy atom. The second-order valence-corrected chi connectivity index (χ2v) is 6.92. The van der Waals surface area contributed by atoms with Crippen LogP contribution < -0.4 is 20.9 Å². The average Bonchev–Trinajstić information content (AvgIpc) is 3.06. The number of carbonyl (C=O) groups excluding carboxylic acids is 3. The van der Waals surface area contributed by atoms with Gasteiger partial charge in [-0.2, -0.15) is 0 Å². The zero-order valence-electron chi connectivity index (χ0n) is 16.2. The predicted molar refractivity (Wildman–Crippen MR) is 110 cm³/mol. The number of benzene rings is 2. The van der Waals surface area contributed by atoms with Gasteiger partial charge in [-0.05, 0) is 43.2 Å². The van der Waals surface area contributed by atoms with Crippen LogP contribution in [0.5, 0.6) is 0 Å². The predicted octanol–water partition coefficient (Wildman–Crippen LogP) is 3.05. The zero-order chi connectivity index (χ0) is 20.3. The standard InChI is InChI=1S/C21H24N4O3/c1-13-6-4-7-14(2)19(13)24-21(28)23-16-8-5-9-17(11-16)25-12-15(10-18(25)26)20(27)22-3/h4-9,11,15H,10,12H2,1-3H3,(H,22,27)(H2,23,24,28). The Labute approximate surface area is 164 Å². The van der Waals surface area contributed by atoms with E-state index in [0.29, 0.717) is 17.9 Å². The third-order valence-corrected chi connectivity index (χ3v) is 4.88. The van der Waals surface area contributed by atoms with Gasteiger partial charge in [0.2, 0.25) is 11.8 Å². The van der Waals surface area contributed by atoms with Crippen LogP contribution in [0, 0.1) is 19.8 Å². The Hall–Kier alpha value is -3.35. The van der Waals surface area contributed by atoms with E-state index in [1.54, 1.807) is 36.2 Å². The largest absolute Gasteiger partial charge is 0.359 e. The maximum Gasteiger partial charge on any atom is 0.323 e. The molecule has 0 saturated carbocycles. The van der Waals surface area contributed by atoms with Gasteiger partial charge in [-0.1, -0.05) is 24.3 Å². The summed E-state index contributed by atoms with van der Waals surface area (Å²) < 4.78 is 0. The molecule has 1 aliphatic rings. The van der Waals surface area contributed by atoms with Crippen molar-refractivity contribution in [3.8, 4) is 0 Å². The molecule has 1 heterocycles. The summed E-state index contributed by atoms with van der Waals surface area (Å²) in [6.07, 6.45) is 0.185. The summed E-state index contributed by atoms with van der Waals surface area (Å²) >= 11 is 0. The van der Waals surface area contributed by atoms with Crippen LogP contribution in [0.15, 0.2) is 42.5 Å². The van der Waals surface area contributed by atoms with Gasteiger partial charge in [-0.15, -0.1) is 0 Å². The number of aryl methyl sites for hydroxylation is 2. The highest BCUT2D eigenvalue weighted by atomic mass is 16.2. The Morgan fingerprint density at radius 1 is 1.04 bits per heavy atom. The van der Waals surface area contributed by atoms with E-state index < -0.39 is 0 Å². The van der Waals surface area contributed by atoms with Crippen molar-refractivity contribution in [3.05, 3.63) is 53.6 Å². The summed E-state index contributed by atoms with van der Waals surface area (Å²) in [6.45, 7) is 4.20. The first-order valence-electron chi connectivity index (χ1n) is 9.15. The number of nitrogens with zero attached hydrogens (tertiary/aromatic N) is 1. The molecular weight excluding hydrogens is 356 g/mol. The molecule has 1 fully saturated rings. The summed E-state index contributed by atoms with van der Waals surface area (Å²) in [6, 6.07) is 12.5. The molecular formula is C21H24N4O3. The van der Waals surface area contributed by atoms with E-state index in [0.717, 1.165) is 16.8 Å². The van der Waals surface area contributed by atoms with Gasteiger partial charge in [0.25, 0.3) is 0 Å². The normalized spacial score (nSPS) is 16.0. The minimum atomic E-state index is -0.360. The lowest BCUT2D eigenvalue weighted by atomic mass is 10.1. The number of nitrogens with one attached hydrogen (secondary N) is 3. The summed E-state index contributed by atoms with van der Waals surface area (Å²) in [4.78, 5) is 38.1. The van der Waals surface area contributed by atoms with Gasteiger partial charge in [0.05, 0.1) is 5.92 Å². The van der Waals surface area contributed by atoms with Crippen LogP contribution in [-0.4, -0.2) is 31.4 Å². The lowest BCUT2D eigenvalue weighted by Gasteiger charge is -2.18. The maximum atomic E-state index is 12.4. The fourth-order valence-corrected chi connectivity index (χ4v) is 3.38. The molecule has 1 saturated heterocycles. The van der Waals surface area contributed by atoms with Crippen LogP contribution in [-0.2, 0) is 9.59 Å². The molecule has 2 aromatic carbocycles. The van der Waals surface area contributed by atoms with Gasteiger partial charge < -0.3 is 20.9 Å². The molecule has 28 heavy (non-hydrogen) atoms. The molecule has 2 aromatic rings. The van der Waals surface area contributed by atoms with E-state index in [1.165, 1.54) is 0 Å². The maximum absolute atomic E-state index is 12.4. The molecule has 3 rings (SSSR count). The molecule has 3 N–H and O–H groups in total. The fourth-order valence-electron chi connectivity index (χ4n) is 3.38. The Balaban J connectivity index is 1.71. The third-order valence-electron chi connectivity index (χ3n) is 4.88. The minimum absolute atomic E-state index is 0.106. The molecule has 146 valence electrons. The molecule has 0 bridgehead atoms. The first-order chi connectivity index (χ1) is 13.4. The van der Waals surface area contributed by atoms with Gasteiger partial charge in [0.1, 0.15) is 0 Å². The molecule has 1 aliphatic heterocycles. The van der Waals surface area contributed by atoms with Gasteiger partial charge in [0.15, 0.2) is 0 Å². The molecule has 0 aliphatic carbocycles. The summed E-state index contributed by atoms with van der Waals surface area (Å²) in [5.41, 5.74) is 3.96. The second kappa shape index (κ2) is 8.12. The van der Waals surface area contributed by atoms with Crippen LogP contribution in [0.3, 0.4) is 0 Å². The van der Waals surface area contributed by atoms with Crippen molar-refractivity contribution >= 4 is 34.9 Å². The van der Waals surface area contributed by atoms with E-state index in [2.05, 4.69) is 16.0 Å². The number of rotatable bonds is 4. The second-order valence-electron chi connectivity index (χ2n) is 6.92. The van der Waals surface area contributed by atoms with E-state index in [1.807, 2.05) is 32.0 Å². The van der Waals surface area contributed by atoms with Gasteiger partial charge >= 0.3 is 6.03 Å². The van der Waals surface area contributed by atoms with Crippen molar-refractivity contribution in [1.82, 2.24) is 5.32 Å². The van der Waals surface area contributed by atoms with Crippen LogP contribution in [0.1, 0.15) is 17.5 Å². The van der Waals surface area contributed by atoms with E-state index in [9.17, 15) is 14.4 Å². The van der Waals surface area contributed by atoms with E-state index >= 15 is 0 Å². The Kier molecular flexibility index (Phi) is 5.63. The van der Waals surface area contributed by atoms with E-state index in [4.69, 9.17) is 0 Å². The lowest BCUT2D eigenvalue weighted by molar-refractivity contribution is -0.125. The summed E-state index contributed by atoms with van der Waals surface area (Å²) in [5, 5.41) is 8.26. The number of hydrogen-bond acceptors (Lipinski definition) is 3. The molecule has 0 aromatic heterocycles. The first kappa shape index (κ1) is 19.4. The van der Waals surface area contributed by atoms with Gasteiger partial charge in [0, 0.05) is 37.1 Å². The highest BCUT2D eigenvalue weighted by Crippen LogP contribution is 2.27. The van der Waals surface area contributed by atoms with Gasteiger partial charge in [-0.25, -0.2) is 4.79 Å². The Morgan fingerprint density at radius 3 is 2.39 bits per heavy atom. The van der Waals surface area contributed by atoms with Crippen LogP contribution in [0.25, 0.3) is 0 Å². The first-order valence-corrected chi connectivity index (χ1v) is 9.15. The fraction of sp³-hybridized carbons (Fsp3) is 0.286. The van der Waals surface area contributed by atoms with Crippen molar-refractivity contribution in [3.63, 3.8) is 0 Å². The SMILES string of the molecule is CNC(=O)C1CC(=O)N(c2cccc(NC(=O)Nc3c(C)cccc3C)c2)C1. The third kappa shape index (κ3) is 4.14. The smallest absolute Gasteiger partial charge is 0.323 e. The quantitative estimate of drug-likeness (QED) is 0.761. The van der Waals surface area contributed by atoms with Crippen molar-refractivity contribution < 1.29 is 14.4 Å². The number of amides is 4. The monoisotopic (exact) mass is 380 g/mol. The molecule has 1 unspecified atom stereocenters. The van der Waals surface area contributed by atoms with Crippen LogP contribution >= 0.6 is 0 Å². The lowest BCUT2D eigenvalue weighted by Crippen LogP contribution is -2.30. The molecule has 0 radical (unpaired) electrons. The van der Waals surface area contributed by atoms with E-state index in [-0.39, 0.29) is 30.2 Å². The highest BCUT2D eigenvalue weighted by Gasteiger charge is 2.34. The van der Waals surface area contributed by atoms with Crippen LogP contribution in [0.4, 0.5) is 21.9 Å². The molecule has 1 atom stereocenters. The van der Waals surface area contributed by atoms with Crippen molar-refractivity contribution in [2.24, 2.45) is 5.92 Å². The number of hydrogen-bond donors (Lipinski definition) is 3. The average molecular weight is 380 g/mol. The Bertz CT molecular complexity index is 905. The summed E-state index contributed by atoms with van der Waals surface area (Å²) in [7, 11) is 1.56.